The molecule has 0 saturated carbocycles. The standard InChI is InChI=1S/C11H20N4/c1-8(11(2,3)4)15(5)10-7-13-9(12)6-14-10/h6-8H,1-5H3,(H2,12,13). The lowest BCUT2D eigenvalue weighted by Gasteiger charge is -2.35. The minimum atomic E-state index is 0.206. The first-order valence-corrected chi connectivity index (χ1v) is 5.12. The van der Waals surface area contributed by atoms with E-state index in [1.165, 1.54) is 0 Å². The Morgan fingerprint density at radius 3 is 2.27 bits per heavy atom. The molecule has 1 aromatic heterocycles. The normalized spacial score (nSPS) is 13.7. The first-order valence-electron chi connectivity index (χ1n) is 5.12. The fourth-order valence-electron chi connectivity index (χ4n) is 1.29. The third kappa shape index (κ3) is 2.81. The molecular weight excluding hydrogens is 188 g/mol. The van der Waals surface area contributed by atoms with Crippen LogP contribution in [0.1, 0.15) is 27.7 Å². The summed E-state index contributed by atoms with van der Waals surface area (Å²) in [4.78, 5) is 10.4. The maximum atomic E-state index is 5.50. The monoisotopic (exact) mass is 208 g/mol. The van der Waals surface area contributed by atoms with Gasteiger partial charge in [-0.1, -0.05) is 20.8 Å². The Hall–Kier alpha value is -1.32. The van der Waals surface area contributed by atoms with Gasteiger partial charge >= 0.3 is 0 Å². The van der Waals surface area contributed by atoms with E-state index in [1.807, 2.05) is 7.05 Å². The van der Waals surface area contributed by atoms with Crippen molar-refractivity contribution in [3.63, 3.8) is 0 Å². The number of hydrogen-bond donors (Lipinski definition) is 1. The van der Waals surface area contributed by atoms with Crippen LogP contribution in [0.4, 0.5) is 11.6 Å². The molecule has 0 spiro atoms. The zero-order valence-corrected chi connectivity index (χ0v) is 10.2. The summed E-state index contributed by atoms with van der Waals surface area (Å²) in [5.41, 5.74) is 5.70. The van der Waals surface area contributed by atoms with Crippen LogP contribution in [0.2, 0.25) is 0 Å². The quantitative estimate of drug-likeness (QED) is 0.807. The highest BCUT2D eigenvalue weighted by Crippen LogP contribution is 2.25. The molecule has 0 saturated heterocycles. The highest BCUT2D eigenvalue weighted by Gasteiger charge is 2.24. The molecule has 1 unspecified atom stereocenters. The van der Waals surface area contributed by atoms with Crippen molar-refractivity contribution >= 4 is 11.6 Å². The van der Waals surface area contributed by atoms with Gasteiger partial charge in [0.1, 0.15) is 11.6 Å². The molecular formula is C11H20N4. The van der Waals surface area contributed by atoms with Crippen LogP contribution in [0.3, 0.4) is 0 Å². The van der Waals surface area contributed by atoms with Crippen molar-refractivity contribution in [3.8, 4) is 0 Å². The maximum Gasteiger partial charge on any atom is 0.147 e. The molecule has 0 amide bonds. The highest BCUT2D eigenvalue weighted by molar-refractivity contribution is 5.39. The van der Waals surface area contributed by atoms with E-state index in [-0.39, 0.29) is 5.41 Å². The molecule has 4 heteroatoms. The fraction of sp³-hybridized carbons (Fsp3) is 0.636. The molecule has 0 aromatic carbocycles. The second-order valence-electron chi connectivity index (χ2n) is 4.95. The summed E-state index contributed by atoms with van der Waals surface area (Å²) in [5.74, 6) is 1.31. The van der Waals surface area contributed by atoms with E-state index >= 15 is 0 Å². The topological polar surface area (TPSA) is 55.0 Å². The molecule has 1 atom stereocenters. The Kier molecular flexibility index (Phi) is 3.17. The number of hydrogen-bond acceptors (Lipinski definition) is 4. The zero-order valence-electron chi connectivity index (χ0n) is 10.2. The van der Waals surface area contributed by atoms with Crippen LogP contribution in [-0.2, 0) is 0 Å². The summed E-state index contributed by atoms with van der Waals surface area (Å²) < 4.78 is 0. The minimum Gasteiger partial charge on any atom is -0.382 e. The van der Waals surface area contributed by atoms with Gasteiger partial charge in [0.05, 0.1) is 12.4 Å². The summed E-state index contributed by atoms with van der Waals surface area (Å²) in [5, 5.41) is 0. The van der Waals surface area contributed by atoms with Crippen molar-refractivity contribution in [1.29, 1.82) is 0 Å². The average molecular weight is 208 g/mol. The van der Waals surface area contributed by atoms with Gasteiger partial charge in [0, 0.05) is 13.1 Å². The van der Waals surface area contributed by atoms with Crippen LogP contribution < -0.4 is 10.6 Å². The second-order valence-corrected chi connectivity index (χ2v) is 4.95. The maximum absolute atomic E-state index is 5.50. The van der Waals surface area contributed by atoms with Gasteiger partial charge in [-0.05, 0) is 12.3 Å². The van der Waals surface area contributed by atoms with Gasteiger partial charge in [0.15, 0.2) is 0 Å². The van der Waals surface area contributed by atoms with Crippen LogP contribution >= 0.6 is 0 Å². The summed E-state index contributed by atoms with van der Waals surface area (Å²) >= 11 is 0. The molecule has 0 fully saturated rings. The SMILES string of the molecule is CC(N(C)c1cnc(N)cn1)C(C)(C)C. The smallest absolute Gasteiger partial charge is 0.147 e. The van der Waals surface area contributed by atoms with E-state index < -0.39 is 0 Å². The van der Waals surface area contributed by atoms with Gasteiger partial charge in [-0.25, -0.2) is 9.97 Å². The molecule has 0 aliphatic rings. The van der Waals surface area contributed by atoms with Crippen molar-refractivity contribution in [1.82, 2.24) is 9.97 Å². The lowest BCUT2D eigenvalue weighted by Crippen LogP contribution is -2.39. The molecule has 2 N–H and O–H groups in total. The van der Waals surface area contributed by atoms with E-state index in [0.717, 1.165) is 5.82 Å². The predicted molar refractivity (Wildman–Crippen MR) is 63.8 cm³/mol. The molecule has 0 aliphatic heterocycles. The third-order valence-electron chi connectivity index (χ3n) is 2.85. The van der Waals surface area contributed by atoms with Crippen molar-refractivity contribution < 1.29 is 0 Å². The van der Waals surface area contributed by atoms with Gasteiger partial charge in [0.25, 0.3) is 0 Å². The van der Waals surface area contributed by atoms with Gasteiger partial charge in [-0.15, -0.1) is 0 Å². The average Bonchev–Trinajstić information content (AvgIpc) is 2.15. The molecule has 1 aromatic rings. The number of nitrogen functional groups attached to an aromatic ring is 1. The molecule has 84 valence electrons. The fourth-order valence-corrected chi connectivity index (χ4v) is 1.29. The number of anilines is 2. The molecule has 0 radical (unpaired) electrons. The molecule has 1 rings (SSSR count). The van der Waals surface area contributed by atoms with E-state index in [1.54, 1.807) is 12.4 Å². The first-order chi connectivity index (χ1) is 6.82. The van der Waals surface area contributed by atoms with Crippen molar-refractivity contribution in [2.24, 2.45) is 5.41 Å². The van der Waals surface area contributed by atoms with Crippen LogP contribution in [0, 0.1) is 5.41 Å². The third-order valence-corrected chi connectivity index (χ3v) is 2.85. The predicted octanol–water partition coefficient (Wildman–Crippen LogP) is 1.93. The van der Waals surface area contributed by atoms with Crippen LogP contribution in [0.25, 0.3) is 0 Å². The highest BCUT2D eigenvalue weighted by atomic mass is 15.2. The lowest BCUT2D eigenvalue weighted by atomic mass is 9.87. The molecule has 0 aliphatic carbocycles. The largest absolute Gasteiger partial charge is 0.382 e. The van der Waals surface area contributed by atoms with Gasteiger partial charge in [-0.2, -0.15) is 0 Å². The summed E-state index contributed by atoms with van der Waals surface area (Å²) in [6.07, 6.45) is 3.29. The molecule has 4 nitrogen and oxygen atoms in total. The second kappa shape index (κ2) is 4.04. The molecule has 1 heterocycles. The van der Waals surface area contributed by atoms with Gasteiger partial charge < -0.3 is 10.6 Å². The Morgan fingerprint density at radius 1 is 1.27 bits per heavy atom. The molecule has 0 bridgehead atoms. The summed E-state index contributed by atoms with van der Waals surface area (Å²) in [6, 6.07) is 0.385. The Morgan fingerprint density at radius 2 is 1.87 bits per heavy atom. The number of aromatic nitrogens is 2. The number of nitrogens with two attached hydrogens (primary N) is 1. The summed E-state index contributed by atoms with van der Waals surface area (Å²) in [6.45, 7) is 8.80. The van der Waals surface area contributed by atoms with Gasteiger partial charge in [-0.3, -0.25) is 0 Å². The van der Waals surface area contributed by atoms with Crippen molar-refractivity contribution in [2.75, 3.05) is 17.7 Å². The van der Waals surface area contributed by atoms with E-state index in [4.69, 9.17) is 5.73 Å². The first kappa shape index (κ1) is 11.8. The van der Waals surface area contributed by atoms with Crippen LogP contribution in [0.15, 0.2) is 12.4 Å². The Labute approximate surface area is 91.5 Å². The van der Waals surface area contributed by atoms with Crippen LogP contribution in [0.5, 0.6) is 0 Å². The number of rotatable bonds is 2. The lowest BCUT2D eigenvalue weighted by molar-refractivity contribution is 0.328. The zero-order chi connectivity index (χ0) is 11.6. The van der Waals surface area contributed by atoms with E-state index in [2.05, 4.69) is 42.6 Å². The van der Waals surface area contributed by atoms with Crippen molar-refractivity contribution in [2.45, 2.75) is 33.7 Å². The van der Waals surface area contributed by atoms with Crippen LogP contribution in [-0.4, -0.2) is 23.1 Å². The van der Waals surface area contributed by atoms with E-state index in [0.29, 0.717) is 11.9 Å². The Bertz CT molecular complexity index is 312. The van der Waals surface area contributed by atoms with E-state index in [9.17, 15) is 0 Å². The Balaban J connectivity index is 2.85. The summed E-state index contributed by atoms with van der Waals surface area (Å²) in [7, 11) is 2.02. The number of nitrogens with zero attached hydrogens (tertiary/aromatic N) is 3. The minimum absolute atomic E-state index is 0.206. The van der Waals surface area contributed by atoms with Gasteiger partial charge in [0.2, 0.25) is 0 Å². The van der Waals surface area contributed by atoms with Crippen molar-refractivity contribution in [3.05, 3.63) is 12.4 Å². The molecule has 15 heavy (non-hydrogen) atoms.